The Labute approximate surface area is 73.2 Å². The molecule has 2 rings (SSSR count). The summed E-state index contributed by atoms with van der Waals surface area (Å²) < 4.78 is 0. The molecule has 2 aliphatic rings. The zero-order valence-corrected chi connectivity index (χ0v) is 7.66. The van der Waals surface area contributed by atoms with E-state index in [1.807, 2.05) is 14.1 Å². The smallest absolute Gasteiger partial charge is 0.225 e. The maximum atomic E-state index is 11.6. The highest BCUT2D eigenvalue weighted by Crippen LogP contribution is 2.43. The molecule has 2 nitrogen and oxygen atoms in total. The van der Waals surface area contributed by atoms with Gasteiger partial charge in [-0.25, -0.2) is 0 Å². The Bertz CT molecular complexity index is 232. The fourth-order valence-corrected chi connectivity index (χ4v) is 2.40. The average Bonchev–Trinajstić information content (AvgIpc) is 2.62. The molecule has 0 aromatic carbocycles. The summed E-state index contributed by atoms with van der Waals surface area (Å²) in [7, 11) is 3.69. The topological polar surface area (TPSA) is 20.3 Å². The normalized spacial score (nSPS) is 37.3. The third-order valence-electron chi connectivity index (χ3n) is 3.04. The molecule has 0 aliphatic heterocycles. The summed E-state index contributed by atoms with van der Waals surface area (Å²) in [5.41, 5.74) is 0. The van der Waals surface area contributed by atoms with Crippen LogP contribution >= 0.6 is 0 Å². The minimum absolute atomic E-state index is 0.287. The van der Waals surface area contributed by atoms with Gasteiger partial charge in [0, 0.05) is 20.0 Å². The molecular weight excluding hydrogens is 150 g/mol. The lowest BCUT2D eigenvalue weighted by atomic mass is 9.92. The minimum Gasteiger partial charge on any atom is -0.349 e. The van der Waals surface area contributed by atoms with Crippen molar-refractivity contribution in [3.8, 4) is 0 Å². The van der Waals surface area contributed by atoms with Gasteiger partial charge >= 0.3 is 0 Å². The van der Waals surface area contributed by atoms with Gasteiger partial charge in [0.1, 0.15) is 0 Å². The monoisotopic (exact) mass is 165 g/mol. The van der Waals surface area contributed by atoms with Crippen LogP contribution in [0.5, 0.6) is 0 Å². The molecule has 3 atom stereocenters. The van der Waals surface area contributed by atoms with Gasteiger partial charge in [-0.2, -0.15) is 0 Å². The SMILES string of the molecule is CN(C)C(=O)[C@H]1C[C@H]2C=C[C@@H]1C2. The molecular formula is C10H15NO. The second kappa shape index (κ2) is 2.61. The number of hydrogen-bond acceptors (Lipinski definition) is 1. The predicted molar refractivity (Wildman–Crippen MR) is 47.5 cm³/mol. The third kappa shape index (κ3) is 1.06. The van der Waals surface area contributed by atoms with Crippen LogP contribution in [0, 0.1) is 17.8 Å². The number of hydrogen-bond donors (Lipinski definition) is 0. The molecule has 1 fully saturated rings. The van der Waals surface area contributed by atoms with Crippen LogP contribution in [0.4, 0.5) is 0 Å². The van der Waals surface area contributed by atoms with E-state index in [9.17, 15) is 4.79 Å². The van der Waals surface area contributed by atoms with E-state index < -0.39 is 0 Å². The number of carbonyl (C=O) groups is 1. The van der Waals surface area contributed by atoms with Crippen molar-refractivity contribution in [1.29, 1.82) is 0 Å². The summed E-state index contributed by atoms with van der Waals surface area (Å²) in [6.07, 6.45) is 6.78. The van der Waals surface area contributed by atoms with Crippen LogP contribution in [0.25, 0.3) is 0 Å². The maximum absolute atomic E-state index is 11.6. The van der Waals surface area contributed by atoms with E-state index in [4.69, 9.17) is 0 Å². The Kier molecular flexibility index (Phi) is 1.71. The lowest BCUT2D eigenvalue weighted by molar-refractivity contribution is -0.133. The van der Waals surface area contributed by atoms with E-state index in [-0.39, 0.29) is 5.92 Å². The van der Waals surface area contributed by atoms with Gasteiger partial charge in [-0.15, -0.1) is 0 Å². The van der Waals surface area contributed by atoms with Gasteiger partial charge in [-0.1, -0.05) is 12.2 Å². The van der Waals surface area contributed by atoms with Crippen LogP contribution < -0.4 is 0 Å². The molecule has 12 heavy (non-hydrogen) atoms. The summed E-state index contributed by atoms with van der Waals surface area (Å²) in [5.74, 6) is 1.84. The molecule has 1 saturated carbocycles. The van der Waals surface area contributed by atoms with Crippen molar-refractivity contribution >= 4 is 5.91 Å². The quantitative estimate of drug-likeness (QED) is 0.536. The van der Waals surface area contributed by atoms with E-state index in [0.29, 0.717) is 17.7 Å². The molecule has 0 saturated heterocycles. The highest BCUT2D eigenvalue weighted by Gasteiger charge is 2.40. The second-order valence-electron chi connectivity index (χ2n) is 4.12. The first-order chi connectivity index (χ1) is 5.68. The highest BCUT2D eigenvalue weighted by atomic mass is 16.2. The van der Waals surface area contributed by atoms with Crippen molar-refractivity contribution in [2.45, 2.75) is 12.8 Å². The molecule has 0 aromatic heterocycles. The fraction of sp³-hybridized carbons (Fsp3) is 0.700. The first kappa shape index (κ1) is 7.84. The number of fused-ring (bicyclic) bond motifs is 2. The van der Waals surface area contributed by atoms with Crippen LogP contribution in [0.1, 0.15) is 12.8 Å². The maximum Gasteiger partial charge on any atom is 0.225 e. The molecule has 0 N–H and O–H groups in total. The summed E-state index contributed by atoms with van der Waals surface area (Å²) in [6, 6.07) is 0. The lowest BCUT2D eigenvalue weighted by Crippen LogP contribution is -2.31. The molecule has 0 heterocycles. The molecule has 0 unspecified atom stereocenters. The minimum atomic E-state index is 0.287. The van der Waals surface area contributed by atoms with Crippen molar-refractivity contribution in [2.75, 3.05) is 14.1 Å². The van der Waals surface area contributed by atoms with Gasteiger partial charge in [0.25, 0.3) is 0 Å². The van der Waals surface area contributed by atoms with Crippen molar-refractivity contribution in [2.24, 2.45) is 17.8 Å². The van der Waals surface area contributed by atoms with Gasteiger partial charge in [0.05, 0.1) is 0 Å². The number of allylic oxidation sites excluding steroid dienone is 2. The average molecular weight is 165 g/mol. The van der Waals surface area contributed by atoms with Crippen LogP contribution in [0.15, 0.2) is 12.2 Å². The van der Waals surface area contributed by atoms with Crippen LogP contribution in [-0.2, 0) is 4.79 Å². The van der Waals surface area contributed by atoms with Crippen molar-refractivity contribution in [3.05, 3.63) is 12.2 Å². The number of rotatable bonds is 1. The van der Waals surface area contributed by atoms with Crippen molar-refractivity contribution < 1.29 is 4.79 Å². The van der Waals surface area contributed by atoms with E-state index in [0.717, 1.165) is 6.42 Å². The lowest BCUT2D eigenvalue weighted by Gasteiger charge is -2.21. The molecule has 0 aromatic rings. The Balaban J connectivity index is 2.08. The van der Waals surface area contributed by atoms with Crippen LogP contribution in [-0.4, -0.2) is 24.9 Å². The number of amides is 1. The highest BCUT2D eigenvalue weighted by molar-refractivity contribution is 5.79. The van der Waals surface area contributed by atoms with Crippen LogP contribution in [0.2, 0.25) is 0 Å². The largest absolute Gasteiger partial charge is 0.349 e. The molecule has 66 valence electrons. The van der Waals surface area contributed by atoms with Gasteiger partial charge in [-0.05, 0) is 24.7 Å². The van der Waals surface area contributed by atoms with Crippen LogP contribution in [0.3, 0.4) is 0 Å². The number of nitrogens with zero attached hydrogens (tertiary/aromatic N) is 1. The Hall–Kier alpha value is -0.790. The summed E-state index contributed by atoms with van der Waals surface area (Å²) >= 11 is 0. The Morgan fingerprint density at radius 1 is 1.33 bits per heavy atom. The second-order valence-corrected chi connectivity index (χ2v) is 4.12. The van der Waals surface area contributed by atoms with Gasteiger partial charge in [0.15, 0.2) is 0 Å². The summed E-state index contributed by atoms with van der Waals surface area (Å²) in [6.45, 7) is 0. The van der Waals surface area contributed by atoms with Crippen molar-refractivity contribution in [1.82, 2.24) is 4.90 Å². The van der Waals surface area contributed by atoms with E-state index >= 15 is 0 Å². The van der Waals surface area contributed by atoms with Crippen molar-refractivity contribution in [3.63, 3.8) is 0 Å². The first-order valence-electron chi connectivity index (χ1n) is 4.58. The zero-order valence-electron chi connectivity index (χ0n) is 7.66. The van der Waals surface area contributed by atoms with Gasteiger partial charge in [0.2, 0.25) is 5.91 Å². The Morgan fingerprint density at radius 3 is 2.50 bits per heavy atom. The van der Waals surface area contributed by atoms with E-state index in [1.165, 1.54) is 6.42 Å². The third-order valence-corrected chi connectivity index (χ3v) is 3.04. The zero-order chi connectivity index (χ0) is 8.72. The fourth-order valence-electron chi connectivity index (χ4n) is 2.40. The molecule has 1 amide bonds. The first-order valence-corrected chi connectivity index (χ1v) is 4.58. The Morgan fingerprint density at radius 2 is 2.08 bits per heavy atom. The summed E-state index contributed by atoms with van der Waals surface area (Å²) in [4.78, 5) is 13.3. The molecule has 0 spiro atoms. The van der Waals surface area contributed by atoms with E-state index in [2.05, 4.69) is 12.2 Å². The predicted octanol–water partition coefficient (Wildman–Crippen LogP) is 1.29. The molecule has 2 bridgehead atoms. The van der Waals surface area contributed by atoms with E-state index in [1.54, 1.807) is 4.90 Å². The molecule has 2 aliphatic carbocycles. The summed E-state index contributed by atoms with van der Waals surface area (Å²) in [5, 5.41) is 0. The molecule has 2 heteroatoms. The number of carbonyl (C=O) groups excluding carboxylic acids is 1. The molecule has 0 radical (unpaired) electrons. The van der Waals surface area contributed by atoms with Gasteiger partial charge in [-0.3, -0.25) is 4.79 Å². The standard InChI is InChI=1S/C10H15NO/c1-11(2)10(12)9-6-7-3-4-8(9)5-7/h3-4,7-9H,5-6H2,1-2H3/t7-,8+,9-/m0/s1. The van der Waals surface area contributed by atoms with Gasteiger partial charge < -0.3 is 4.90 Å².